The molecule has 0 atom stereocenters. The molecule has 0 unspecified atom stereocenters. The summed E-state index contributed by atoms with van der Waals surface area (Å²) in [5.74, 6) is 0. The minimum absolute atomic E-state index is 0.547. The first-order chi connectivity index (χ1) is 8.42. The summed E-state index contributed by atoms with van der Waals surface area (Å²) in [7, 11) is 0. The summed E-state index contributed by atoms with van der Waals surface area (Å²) in [6, 6.07) is 3.86. The van der Waals surface area contributed by atoms with Crippen LogP contribution in [0.25, 0.3) is 33.1 Å². The number of fused-ring (bicyclic) bond motifs is 4. The quantitative estimate of drug-likeness (QED) is 0.456. The average Bonchev–Trinajstić information content (AvgIpc) is 2.73. The van der Waals surface area contributed by atoms with Crippen molar-refractivity contribution in [2.45, 2.75) is 0 Å². The fourth-order valence-corrected chi connectivity index (χ4v) is 1.97. The zero-order valence-electron chi connectivity index (χ0n) is 8.66. The highest BCUT2D eigenvalue weighted by atomic mass is 16.3. The monoisotopic (exact) mass is 222 g/mol. The van der Waals surface area contributed by atoms with E-state index in [1.54, 1.807) is 18.6 Å². The van der Waals surface area contributed by atoms with Crippen LogP contribution in [0.15, 0.2) is 41.5 Å². The molecule has 1 aromatic carbocycles. The van der Waals surface area contributed by atoms with Crippen LogP contribution in [0.1, 0.15) is 0 Å². The van der Waals surface area contributed by atoms with Crippen molar-refractivity contribution in [2.24, 2.45) is 0 Å². The summed E-state index contributed by atoms with van der Waals surface area (Å²) >= 11 is 0. The average molecular weight is 222 g/mol. The minimum atomic E-state index is 0.547. The van der Waals surface area contributed by atoms with E-state index in [1.165, 1.54) is 6.33 Å². The normalized spacial score (nSPS) is 11.5. The second kappa shape index (κ2) is 2.98. The van der Waals surface area contributed by atoms with Crippen LogP contribution in [0.5, 0.6) is 0 Å². The van der Waals surface area contributed by atoms with Crippen LogP contribution in [-0.2, 0) is 0 Å². The molecule has 4 rings (SSSR count). The second-order valence-electron chi connectivity index (χ2n) is 3.74. The lowest BCUT2D eigenvalue weighted by Gasteiger charge is -1.94. The lowest BCUT2D eigenvalue weighted by molar-refractivity contribution is 0.653. The van der Waals surface area contributed by atoms with E-state index in [0.717, 1.165) is 27.4 Å². The van der Waals surface area contributed by atoms with Crippen LogP contribution >= 0.6 is 0 Å². The third-order valence-electron chi connectivity index (χ3n) is 2.73. The molecule has 17 heavy (non-hydrogen) atoms. The van der Waals surface area contributed by atoms with Crippen molar-refractivity contribution in [1.82, 2.24) is 19.9 Å². The summed E-state index contributed by atoms with van der Waals surface area (Å²) < 4.78 is 5.63. The molecule has 3 heterocycles. The molecule has 0 aliphatic heterocycles. The number of hydrogen-bond donors (Lipinski definition) is 0. The molecule has 4 aromatic rings. The molecule has 0 spiro atoms. The van der Waals surface area contributed by atoms with Gasteiger partial charge in [-0.05, 0) is 6.07 Å². The summed E-state index contributed by atoms with van der Waals surface area (Å²) in [4.78, 5) is 16.6. The number of furan rings is 1. The zero-order chi connectivity index (χ0) is 11.2. The van der Waals surface area contributed by atoms with Gasteiger partial charge in [-0.15, -0.1) is 0 Å². The zero-order valence-corrected chi connectivity index (χ0v) is 8.66. The van der Waals surface area contributed by atoms with Crippen molar-refractivity contribution in [3.05, 3.63) is 37.1 Å². The van der Waals surface area contributed by atoms with Gasteiger partial charge in [-0.2, -0.15) is 0 Å². The fraction of sp³-hybridized carbons (Fsp3) is 0. The predicted octanol–water partition coefficient (Wildman–Crippen LogP) is 2.32. The molecule has 0 fully saturated rings. The molecule has 0 saturated heterocycles. The lowest BCUT2D eigenvalue weighted by atomic mass is 10.2. The van der Waals surface area contributed by atoms with Crippen LogP contribution in [0.2, 0.25) is 0 Å². The van der Waals surface area contributed by atoms with Gasteiger partial charge < -0.3 is 4.42 Å². The largest absolute Gasteiger partial charge is 0.436 e. The number of benzene rings is 1. The Morgan fingerprint density at radius 3 is 2.94 bits per heavy atom. The molecule has 0 bridgehead atoms. The first-order valence-electron chi connectivity index (χ1n) is 5.15. The van der Waals surface area contributed by atoms with E-state index in [9.17, 15) is 0 Å². The Morgan fingerprint density at radius 1 is 1.00 bits per heavy atom. The topological polar surface area (TPSA) is 64.7 Å². The highest BCUT2D eigenvalue weighted by molar-refractivity contribution is 6.06. The van der Waals surface area contributed by atoms with E-state index in [-0.39, 0.29) is 0 Å². The van der Waals surface area contributed by atoms with Gasteiger partial charge in [-0.1, -0.05) is 0 Å². The molecule has 0 aliphatic carbocycles. The number of nitrogens with zero attached hydrogens (tertiary/aromatic N) is 4. The van der Waals surface area contributed by atoms with Gasteiger partial charge in [0.2, 0.25) is 5.71 Å². The maximum absolute atomic E-state index is 5.63. The van der Waals surface area contributed by atoms with Crippen LogP contribution in [0, 0.1) is 0 Å². The molecule has 3 aromatic heterocycles. The highest BCUT2D eigenvalue weighted by Gasteiger charge is 2.09. The van der Waals surface area contributed by atoms with Crippen LogP contribution in [0.4, 0.5) is 0 Å². The van der Waals surface area contributed by atoms with Gasteiger partial charge in [-0.3, -0.25) is 0 Å². The summed E-state index contributed by atoms with van der Waals surface area (Å²) in [5, 5.41) is 1.91. The summed E-state index contributed by atoms with van der Waals surface area (Å²) in [6.07, 6.45) is 6.57. The van der Waals surface area contributed by atoms with Crippen molar-refractivity contribution in [1.29, 1.82) is 0 Å². The molecule has 0 N–H and O–H groups in total. The predicted molar refractivity (Wildman–Crippen MR) is 62.4 cm³/mol. The lowest BCUT2D eigenvalue weighted by Crippen LogP contribution is -1.80. The maximum atomic E-state index is 5.63. The van der Waals surface area contributed by atoms with Gasteiger partial charge in [0.1, 0.15) is 17.4 Å². The van der Waals surface area contributed by atoms with Crippen molar-refractivity contribution < 1.29 is 4.42 Å². The second-order valence-corrected chi connectivity index (χ2v) is 3.74. The standard InChI is InChI=1S/C12H6N4O/c1-2-15-12-11(14-1)8-3-7-5-13-6-16-9(7)4-10(8)17-12/h1-6H. The van der Waals surface area contributed by atoms with Gasteiger partial charge in [0.15, 0.2) is 0 Å². The fourth-order valence-electron chi connectivity index (χ4n) is 1.97. The van der Waals surface area contributed by atoms with Gasteiger partial charge in [0.25, 0.3) is 0 Å². The third-order valence-corrected chi connectivity index (χ3v) is 2.73. The van der Waals surface area contributed by atoms with E-state index < -0.39 is 0 Å². The Kier molecular flexibility index (Phi) is 1.50. The van der Waals surface area contributed by atoms with Crippen LogP contribution in [-0.4, -0.2) is 19.9 Å². The SMILES string of the molecule is c1ncc2cc3c(cc2n1)oc1nccnc13. The summed E-state index contributed by atoms with van der Waals surface area (Å²) in [5.41, 5.74) is 2.92. The molecular formula is C12H6N4O. The Morgan fingerprint density at radius 2 is 1.94 bits per heavy atom. The third kappa shape index (κ3) is 1.13. The van der Waals surface area contributed by atoms with Gasteiger partial charge in [0, 0.05) is 35.4 Å². The molecule has 80 valence electrons. The van der Waals surface area contributed by atoms with Crippen molar-refractivity contribution in [3.8, 4) is 0 Å². The minimum Gasteiger partial charge on any atom is -0.436 e. The Bertz CT molecular complexity index is 847. The molecule has 5 nitrogen and oxygen atoms in total. The van der Waals surface area contributed by atoms with Crippen LogP contribution in [0.3, 0.4) is 0 Å². The molecular weight excluding hydrogens is 216 g/mol. The van der Waals surface area contributed by atoms with Gasteiger partial charge >= 0.3 is 0 Å². The maximum Gasteiger partial charge on any atom is 0.246 e. The summed E-state index contributed by atoms with van der Waals surface area (Å²) in [6.45, 7) is 0. The van der Waals surface area contributed by atoms with Crippen molar-refractivity contribution in [2.75, 3.05) is 0 Å². The molecule has 0 saturated carbocycles. The molecule has 0 radical (unpaired) electrons. The van der Waals surface area contributed by atoms with Gasteiger partial charge in [-0.25, -0.2) is 19.9 Å². The smallest absolute Gasteiger partial charge is 0.246 e. The molecule has 5 heteroatoms. The van der Waals surface area contributed by atoms with E-state index in [1.807, 2.05) is 12.1 Å². The van der Waals surface area contributed by atoms with Gasteiger partial charge in [0.05, 0.1) is 5.52 Å². The van der Waals surface area contributed by atoms with Crippen molar-refractivity contribution in [3.63, 3.8) is 0 Å². The first-order valence-corrected chi connectivity index (χ1v) is 5.15. The molecule has 0 aliphatic rings. The Labute approximate surface area is 95.1 Å². The van der Waals surface area contributed by atoms with E-state index in [2.05, 4.69) is 19.9 Å². The number of aromatic nitrogens is 4. The van der Waals surface area contributed by atoms with E-state index >= 15 is 0 Å². The Hall–Kier alpha value is -2.56. The van der Waals surface area contributed by atoms with E-state index in [0.29, 0.717) is 5.71 Å². The highest BCUT2D eigenvalue weighted by Crippen LogP contribution is 2.28. The number of hydrogen-bond acceptors (Lipinski definition) is 5. The van der Waals surface area contributed by atoms with Crippen molar-refractivity contribution >= 4 is 33.1 Å². The number of rotatable bonds is 0. The molecule has 0 amide bonds. The Balaban J connectivity index is 2.28. The van der Waals surface area contributed by atoms with E-state index in [4.69, 9.17) is 4.42 Å². The van der Waals surface area contributed by atoms with Crippen LogP contribution < -0.4 is 0 Å². The first kappa shape index (κ1) is 8.58.